The molecular formula is C54H68N8O9S2. The molecule has 4 heterocycles. The molecule has 1 fully saturated rings. The Labute approximate surface area is 435 Å². The van der Waals surface area contributed by atoms with Gasteiger partial charge in [-0.15, -0.1) is 22.7 Å². The highest BCUT2D eigenvalue weighted by Crippen LogP contribution is 2.34. The molecule has 3 aromatic carbocycles. The molecule has 1 aliphatic rings. The van der Waals surface area contributed by atoms with Crippen molar-refractivity contribution in [2.75, 3.05) is 103 Å². The fourth-order valence-electron chi connectivity index (χ4n) is 8.08. The molecule has 3 amide bonds. The summed E-state index contributed by atoms with van der Waals surface area (Å²) in [5.74, 6) is -0.357. The summed E-state index contributed by atoms with van der Waals surface area (Å²) in [7, 11) is 3.96. The van der Waals surface area contributed by atoms with Crippen LogP contribution in [0.3, 0.4) is 0 Å². The van der Waals surface area contributed by atoms with Gasteiger partial charge in [0.05, 0.1) is 91.9 Å². The number of ether oxygens (including phenoxy) is 5. The standard InChI is InChI=1S/C54H68N8O9S2/c1-36-49(72-35-58-36)39-9-7-37(8-10-39)31-57-51(65)45-30-43(63)33-62(45)53(66)50(54(2,3)4)60-48(64)34-71-28-27-70-26-25-69-24-23-68-22-21-67-20-19-55-42-16-17-44-46(29-42)73-52(59-44)40-13-11-38(12-14-40)41-15-18-47(56-32-41)61(5)6/h7-18,29,32,35,43,45,50,55,63H,19-28,30-31,33-34H2,1-6H3,(H,57,65)(H,60,64). The van der Waals surface area contributed by atoms with Gasteiger partial charge in [-0.2, -0.15) is 0 Å². The summed E-state index contributed by atoms with van der Waals surface area (Å²) in [6.45, 7) is 11.5. The van der Waals surface area contributed by atoms with Crippen molar-refractivity contribution < 1.29 is 43.2 Å². The highest BCUT2D eigenvalue weighted by Gasteiger charge is 2.44. The molecule has 19 heteroatoms. The largest absolute Gasteiger partial charge is 0.391 e. The highest BCUT2D eigenvalue weighted by molar-refractivity contribution is 7.21. The Morgan fingerprint density at radius 3 is 2.04 bits per heavy atom. The molecule has 73 heavy (non-hydrogen) atoms. The van der Waals surface area contributed by atoms with E-state index in [1.165, 1.54) is 4.90 Å². The number of aryl methyl sites for hydroxylation is 1. The average molecular weight is 1040 g/mol. The SMILES string of the molecule is Cc1ncsc1-c1ccc(CNC(=O)C2CC(O)CN2C(=O)C(NC(=O)COCCOCCOCCOCCOCCNc2ccc3nc(-c4ccc(-c5ccc(N(C)C)nc5)cc4)sc3c2)C(C)(C)C)cc1. The number of nitrogens with zero attached hydrogens (tertiary/aromatic N) is 5. The van der Waals surface area contributed by atoms with Crippen LogP contribution in [0.1, 0.15) is 38.4 Å². The Bertz CT molecular complexity index is 2690. The van der Waals surface area contributed by atoms with Crippen LogP contribution in [0.25, 0.3) is 42.4 Å². The number of hydrogen-bond donors (Lipinski definition) is 4. The lowest BCUT2D eigenvalue weighted by atomic mass is 9.85. The van der Waals surface area contributed by atoms with Gasteiger partial charge in [-0.1, -0.05) is 69.3 Å². The quantitative estimate of drug-likeness (QED) is 0.0392. The predicted molar refractivity (Wildman–Crippen MR) is 287 cm³/mol. The molecule has 0 radical (unpaired) electrons. The van der Waals surface area contributed by atoms with Gasteiger partial charge in [0.15, 0.2) is 0 Å². The van der Waals surface area contributed by atoms with Crippen LogP contribution in [0.15, 0.2) is 90.6 Å². The van der Waals surface area contributed by atoms with Crippen molar-refractivity contribution >= 4 is 62.1 Å². The van der Waals surface area contributed by atoms with Crippen LogP contribution in [0.4, 0.5) is 11.5 Å². The summed E-state index contributed by atoms with van der Waals surface area (Å²) in [4.78, 5) is 58.5. The summed E-state index contributed by atoms with van der Waals surface area (Å²) in [5.41, 5.74) is 9.28. The number of pyridine rings is 1. The van der Waals surface area contributed by atoms with Crippen LogP contribution in [0.5, 0.6) is 0 Å². The van der Waals surface area contributed by atoms with E-state index < -0.39 is 35.4 Å². The molecule has 3 aromatic heterocycles. The molecule has 4 N–H and O–H groups in total. The summed E-state index contributed by atoms with van der Waals surface area (Å²) in [6, 6.07) is 24.8. The monoisotopic (exact) mass is 1040 g/mol. The number of amides is 3. The molecule has 0 saturated carbocycles. The second-order valence-corrected chi connectivity index (χ2v) is 20.8. The minimum absolute atomic E-state index is 0.0121. The second kappa shape index (κ2) is 26.9. The van der Waals surface area contributed by atoms with Gasteiger partial charge < -0.3 is 54.5 Å². The van der Waals surface area contributed by atoms with Gasteiger partial charge in [-0.25, -0.2) is 15.0 Å². The lowest BCUT2D eigenvalue weighted by molar-refractivity contribution is -0.144. The third-order valence-corrected chi connectivity index (χ3v) is 14.1. The normalized spacial score (nSPS) is 15.1. The van der Waals surface area contributed by atoms with E-state index in [0.29, 0.717) is 52.8 Å². The van der Waals surface area contributed by atoms with Gasteiger partial charge in [0.1, 0.15) is 29.5 Å². The molecule has 3 unspecified atom stereocenters. The Morgan fingerprint density at radius 1 is 0.795 bits per heavy atom. The Hall–Kier alpha value is -5.90. The lowest BCUT2D eigenvalue weighted by Crippen LogP contribution is -2.58. The lowest BCUT2D eigenvalue weighted by Gasteiger charge is -2.35. The van der Waals surface area contributed by atoms with Gasteiger partial charge in [0.2, 0.25) is 17.7 Å². The first-order valence-corrected chi connectivity index (χ1v) is 26.3. The zero-order valence-corrected chi connectivity index (χ0v) is 44.2. The van der Waals surface area contributed by atoms with Crippen molar-refractivity contribution in [3.63, 3.8) is 0 Å². The Kier molecular flexibility index (Phi) is 20.2. The van der Waals surface area contributed by atoms with Gasteiger partial charge in [0.25, 0.3) is 0 Å². The van der Waals surface area contributed by atoms with E-state index in [2.05, 4.69) is 62.3 Å². The Balaban J connectivity index is 0.693. The number of β-amino-alcohol motifs (C(OH)–C–C–N with tert-alkyl or cyclic N) is 1. The molecule has 390 valence electrons. The van der Waals surface area contributed by atoms with E-state index in [1.54, 1.807) is 22.7 Å². The van der Waals surface area contributed by atoms with Crippen LogP contribution in [0, 0.1) is 12.3 Å². The summed E-state index contributed by atoms with van der Waals surface area (Å²) in [5, 5.41) is 20.7. The number of hydrogen-bond acceptors (Lipinski definition) is 16. The van der Waals surface area contributed by atoms with Crippen molar-refractivity contribution in [2.45, 2.75) is 58.8 Å². The number of fused-ring (bicyclic) bond motifs is 1. The van der Waals surface area contributed by atoms with E-state index >= 15 is 0 Å². The molecule has 0 bridgehead atoms. The van der Waals surface area contributed by atoms with Gasteiger partial charge >= 0.3 is 0 Å². The van der Waals surface area contributed by atoms with E-state index in [-0.39, 0.29) is 45.2 Å². The number of carbonyl (C=O) groups is 3. The van der Waals surface area contributed by atoms with Crippen molar-refractivity contribution in [2.24, 2.45) is 5.41 Å². The molecule has 1 aliphatic heterocycles. The Morgan fingerprint density at radius 2 is 1.42 bits per heavy atom. The maximum atomic E-state index is 13.9. The van der Waals surface area contributed by atoms with Crippen molar-refractivity contribution in [3.05, 3.63) is 102 Å². The average Bonchev–Trinajstić information content (AvgIpc) is 4.13. The maximum Gasteiger partial charge on any atom is 0.246 e. The molecule has 0 aliphatic carbocycles. The fraction of sp³-hybridized carbons (Fsp3) is 0.444. The number of rotatable bonds is 27. The molecule has 17 nitrogen and oxygen atoms in total. The zero-order valence-electron chi connectivity index (χ0n) is 42.6. The number of aliphatic hydroxyl groups is 1. The molecule has 3 atom stereocenters. The summed E-state index contributed by atoms with van der Waals surface area (Å²) in [6.07, 6.45) is 1.14. The summed E-state index contributed by atoms with van der Waals surface area (Å²) < 4.78 is 29.2. The number of aromatic nitrogens is 3. The molecular weight excluding hydrogens is 969 g/mol. The van der Waals surface area contributed by atoms with Crippen LogP contribution in [-0.2, 0) is 44.6 Å². The number of anilines is 2. The fourth-order valence-corrected chi connectivity index (χ4v) is 9.90. The minimum Gasteiger partial charge on any atom is -0.391 e. The van der Waals surface area contributed by atoms with Crippen LogP contribution < -0.4 is 20.9 Å². The molecule has 7 rings (SSSR count). The van der Waals surface area contributed by atoms with Crippen molar-refractivity contribution in [3.8, 4) is 32.1 Å². The highest BCUT2D eigenvalue weighted by atomic mass is 32.1. The van der Waals surface area contributed by atoms with Gasteiger partial charge in [-0.05, 0) is 59.4 Å². The summed E-state index contributed by atoms with van der Waals surface area (Å²) >= 11 is 3.24. The van der Waals surface area contributed by atoms with E-state index in [9.17, 15) is 19.5 Å². The van der Waals surface area contributed by atoms with Gasteiger partial charge in [-0.3, -0.25) is 14.4 Å². The zero-order chi connectivity index (χ0) is 51.7. The number of aliphatic hydroxyl groups excluding tert-OH is 1. The second-order valence-electron chi connectivity index (χ2n) is 19.0. The maximum absolute atomic E-state index is 13.9. The third-order valence-electron chi connectivity index (χ3n) is 12.1. The van der Waals surface area contributed by atoms with Crippen molar-refractivity contribution in [1.82, 2.24) is 30.5 Å². The first kappa shape index (κ1) is 54.9. The minimum atomic E-state index is -0.959. The number of thiazole rings is 2. The van der Waals surface area contributed by atoms with Crippen molar-refractivity contribution in [1.29, 1.82) is 0 Å². The smallest absolute Gasteiger partial charge is 0.246 e. The van der Waals surface area contributed by atoms with E-state index in [4.69, 9.17) is 28.7 Å². The number of likely N-dealkylation sites (tertiary alicyclic amines) is 1. The van der Waals surface area contributed by atoms with E-state index in [0.717, 1.165) is 65.1 Å². The van der Waals surface area contributed by atoms with Crippen LogP contribution in [0.2, 0.25) is 0 Å². The number of carbonyl (C=O) groups excluding carboxylic acids is 3. The van der Waals surface area contributed by atoms with E-state index in [1.807, 2.05) is 101 Å². The first-order chi connectivity index (χ1) is 35.2. The first-order valence-electron chi connectivity index (χ1n) is 24.6. The number of benzene rings is 3. The number of nitrogens with one attached hydrogen (secondary N) is 3. The third kappa shape index (κ3) is 16.0. The van der Waals surface area contributed by atoms with Gasteiger partial charge in [0, 0.05) is 63.2 Å². The topological polar surface area (TPSA) is 199 Å². The molecule has 6 aromatic rings. The molecule has 0 spiro atoms. The predicted octanol–water partition coefficient (Wildman–Crippen LogP) is 6.83. The molecule has 1 saturated heterocycles. The van der Waals surface area contributed by atoms with Crippen LogP contribution in [-0.4, -0.2) is 154 Å². The van der Waals surface area contributed by atoms with Crippen LogP contribution >= 0.6 is 22.7 Å².